The largest absolute Gasteiger partial charge is 0.449 e. The van der Waals surface area contributed by atoms with Gasteiger partial charge in [0.05, 0.1) is 13.2 Å². The van der Waals surface area contributed by atoms with E-state index in [4.69, 9.17) is 14.6 Å². The van der Waals surface area contributed by atoms with Crippen molar-refractivity contribution in [1.29, 1.82) is 0 Å². The standard InChI is InChI=1S/C20H23NO4/c22-11-13-24-12-5-10-21-20(23)25-14-19-17-8-3-1-6-15(17)16-7-2-4-9-18(16)19/h1-4,6-9,19,22H,5,10-14H2,(H,21,23). The fourth-order valence-electron chi connectivity index (χ4n) is 3.18. The highest BCUT2D eigenvalue weighted by molar-refractivity contribution is 5.79. The molecule has 0 saturated heterocycles. The molecule has 5 nitrogen and oxygen atoms in total. The van der Waals surface area contributed by atoms with Crippen molar-refractivity contribution in [3.8, 4) is 11.1 Å². The van der Waals surface area contributed by atoms with Crippen LogP contribution >= 0.6 is 0 Å². The number of ether oxygens (including phenoxy) is 2. The van der Waals surface area contributed by atoms with E-state index in [0.717, 1.165) is 0 Å². The fraction of sp³-hybridized carbons (Fsp3) is 0.350. The number of hydrogen-bond donors (Lipinski definition) is 2. The number of carbonyl (C=O) groups is 1. The first-order valence-corrected chi connectivity index (χ1v) is 8.58. The van der Waals surface area contributed by atoms with Gasteiger partial charge in [0.2, 0.25) is 0 Å². The van der Waals surface area contributed by atoms with E-state index in [1.807, 2.05) is 24.3 Å². The van der Waals surface area contributed by atoms with Crippen LogP contribution < -0.4 is 5.32 Å². The molecule has 0 unspecified atom stereocenters. The number of rotatable bonds is 8. The summed E-state index contributed by atoms with van der Waals surface area (Å²) in [6.45, 7) is 1.65. The van der Waals surface area contributed by atoms with Crippen LogP contribution in [0.25, 0.3) is 11.1 Å². The number of nitrogens with one attached hydrogen (secondary N) is 1. The Morgan fingerprint density at radius 2 is 1.64 bits per heavy atom. The smallest absolute Gasteiger partial charge is 0.407 e. The molecular formula is C20H23NO4. The number of amides is 1. The third-order valence-electron chi connectivity index (χ3n) is 4.31. The quantitative estimate of drug-likeness (QED) is 0.725. The van der Waals surface area contributed by atoms with E-state index in [-0.39, 0.29) is 12.5 Å². The summed E-state index contributed by atoms with van der Waals surface area (Å²) in [6.07, 6.45) is 0.272. The van der Waals surface area contributed by atoms with Crippen molar-refractivity contribution >= 4 is 6.09 Å². The van der Waals surface area contributed by atoms with E-state index in [9.17, 15) is 4.79 Å². The molecule has 2 aromatic carbocycles. The molecule has 1 aliphatic rings. The minimum absolute atomic E-state index is 0.0137. The SMILES string of the molecule is O=C(NCCCOCCO)OCC1c2ccccc2-c2ccccc21. The summed E-state index contributed by atoms with van der Waals surface area (Å²) in [5, 5.41) is 11.3. The Bertz CT molecular complexity index is 671. The van der Waals surface area contributed by atoms with Crippen LogP contribution in [0.15, 0.2) is 48.5 Å². The van der Waals surface area contributed by atoms with E-state index in [0.29, 0.717) is 32.8 Å². The average Bonchev–Trinajstić information content (AvgIpc) is 2.97. The molecule has 1 aliphatic carbocycles. The van der Waals surface area contributed by atoms with Gasteiger partial charge in [-0.05, 0) is 28.7 Å². The Morgan fingerprint density at radius 3 is 2.28 bits per heavy atom. The van der Waals surface area contributed by atoms with Crippen molar-refractivity contribution in [2.75, 3.05) is 33.0 Å². The van der Waals surface area contributed by atoms with Gasteiger partial charge in [-0.1, -0.05) is 48.5 Å². The average molecular weight is 341 g/mol. The Kier molecular flexibility index (Phi) is 6.04. The maximum absolute atomic E-state index is 11.9. The highest BCUT2D eigenvalue weighted by Gasteiger charge is 2.28. The predicted octanol–water partition coefficient (Wildman–Crippen LogP) is 2.92. The Balaban J connectivity index is 1.52. The Morgan fingerprint density at radius 1 is 1.00 bits per heavy atom. The minimum Gasteiger partial charge on any atom is -0.449 e. The summed E-state index contributed by atoms with van der Waals surface area (Å²) >= 11 is 0. The number of alkyl carbamates (subject to hydrolysis) is 1. The van der Waals surface area contributed by atoms with E-state index < -0.39 is 6.09 Å². The van der Waals surface area contributed by atoms with Gasteiger partial charge in [-0.3, -0.25) is 0 Å². The Hall–Kier alpha value is -2.37. The lowest BCUT2D eigenvalue weighted by atomic mass is 9.98. The molecule has 2 aromatic rings. The number of carbonyl (C=O) groups excluding carboxylic acids is 1. The van der Waals surface area contributed by atoms with Gasteiger partial charge < -0.3 is 19.9 Å². The van der Waals surface area contributed by atoms with Gasteiger partial charge in [-0.15, -0.1) is 0 Å². The van der Waals surface area contributed by atoms with Crippen molar-refractivity contribution in [1.82, 2.24) is 5.32 Å². The molecule has 0 spiro atoms. The molecule has 0 aromatic heterocycles. The van der Waals surface area contributed by atoms with Crippen LogP contribution in [0.4, 0.5) is 4.79 Å². The fourth-order valence-corrected chi connectivity index (χ4v) is 3.18. The van der Waals surface area contributed by atoms with Crippen molar-refractivity contribution in [3.05, 3.63) is 59.7 Å². The zero-order valence-electron chi connectivity index (χ0n) is 14.1. The summed E-state index contributed by atoms with van der Waals surface area (Å²) in [4.78, 5) is 11.9. The molecule has 0 saturated carbocycles. The molecule has 2 N–H and O–H groups in total. The van der Waals surface area contributed by atoms with Crippen LogP contribution in [-0.4, -0.2) is 44.2 Å². The first-order chi connectivity index (χ1) is 12.3. The molecular weight excluding hydrogens is 318 g/mol. The Labute approximate surface area is 147 Å². The van der Waals surface area contributed by atoms with Crippen LogP contribution in [0.2, 0.25) is 0 Å². The molecule has 5 heteroatoms. The van der Waals surface area contributed by atoms with E-state index >= 15 is 0 Å². The highest BCUT2D eigenvalue weighted by atomic mass is 16.5. The lowest BCUT2D eigenvalue weighted by molar-refractivity contribution is 0.0898. The van der Waals surface area contributed by atoms with Gasteiger partial charge >= 0.3 is 6.09 Å². The minimum atomic E-state index is -0.413. The van der Waals surface area contributed by atoms with Gasteiger partial charge in [-0.25, -0.2) is 4.79 Å². The van der Waals surface area contributed by atoms with Crippen LogP contribution in [-0.2, 0) is 9.47 Å². The first kappa shape index (κ1) is 17.5. The summed E-state index contributed by atoms with van der Waals surface area (Å²) in [6, 6.07) is 16.5. The molecule has 3 rings (SSSR count). The molecule has 25 heavy (non-hydrogen) atoms. The molecule has 0 atom stereocenters. The van der Waals surface area contributed by atoms with E-state index in [1.54, 1.807) is 0 Å². The zero-order valence-corrected chi connectivity index (χ0v) is 14.1. The van der Waals surface area contributed by atoms with Crippen molar-refractivity contribution in [2.24, 2.45) is 0 Å². The van der Waals surface area contributed by atoms with Crippen LogP contribution in [0, 0.1) is 0 Å². The topological polar surface area (TPSA) is 67.8 Å². The maximum atomic E-state index is 11.9. The van der Waals surface area contributed by atoms with Crippen LogP contribution in [0.3, 0.4) is 0 Å². The molecule has 1 amide bonds. The monoisotopic (exact) mass is 341 g/mol. The van der Waals surface area contributed by atoms with Gasteiger partial charge in [0.1, 0.15) is 6.61 Å². The van der Waals surface area contributed by atoms with Gasteiger partial charge in [0.15, 0.2) is 0 Å². The third kappa shape index (κ3) is 4.18. The van der Waals surface area contributed by atoms with Crippen LogP contribution in [0.1, 0.15) is 23.5 Å². The predicted molar refractivity (Wildman–Crippen MR) is 95.6 cm³/mol. The van der Waals surface area contributed by atoms with Gasteiger partial charge in [-0.2, -0.15) is 0 Å². The third-order valence-corrected chi connectivity index (χ3v) is 4.31. The van der Waals surface area contributed by atoms with Crippen molar-refractivity contribution < 1.29 is 19.4 Å². The van der Waals surface area contributed by atoms with Gasteiger partial charge in [0, 0.05) is 19.1 Å². The summed E-state index contributed by atoms with van der Waals surface area (Å²) < 4.78 is 10.6. The van der Waals surface area contributed by atoms with E-state index in [2.05, 4.69) is 29.6 Å². The molecule has 0 heterocycles. The second-order valence-electron chi connectivity index (χ2n) is 5.94. The summed E-state index contributed by atoms with van der Waals surface area (Å²) in [5.74, 6) is 0.0750. The van der Waals surface area contributed by atoms with Crippen molar-refractivity contribution in [2.45, 2.75) is 12.3 Å². The van der Waals surface area contributed by atoms with E-state index in [1.165, 1.54) is 22.3 Å². The molecule has 0 radical (unpaired) electrons. The second kappa shape index (κ2) is 8.65. The summed E-state index contributed by atoms with van der Waals surface area (Å²) in [7, 11) is 0. The van der Waals surface area contributed by atoms with Crippen molar-refractivity contribution in [3.63, 3.8) is 0 Å². The number of hydrogen-bond acceptors (Lipinski definition) is 4. The number of aliphatic hydroxyl groups excluding tert-OH is 1. The number of benzene rings is 2. The first-order valence-electron chi connectivity index (χ1n) is 8.58. The number of fused-ring (bicyclic) bond motifs is 3. The zero-order chi connectivity index (χ0) is 17.5. The maximum Gasteiger partial charge on any atom is 0.407 e. The lowest BCUT2D eigenvalue weighted by Gasteiger charge is -2.14. The van der Waals surface area contributed by atoms with Crippen LogP contribution in [0.5, 0.6) is 0 Å². The van der Waals surface area contributed by atoms with Gasteiger partial charge in [0.25, 0.3) is 0 Å². The lowest BCUT2D eigenvalue weighted by Crippen LogP contribution is -2.27. The second-order valence-corrected chi connectivity index (χ2v) is 5.94. The molecule has 132 valence electrons. The molecule has 0 aliphatic heterocycles. The molecule has 0 bridgehead atoms. The molecule has 0 fully saturated rings. The normalized spacial score (nSPS) is 12.5. The highest BCUT2D eigenvalue weighted by Crippen LogP contribution is 2.44. The summed E-state index contributed by atoms with van der Waals surface area (Å²) in [5.41, 5.74) is 4.84. The number of aliphatic hydroxyl groups is 1.